The lowest BCUT2D eigenvalue weighted by molar-refractivity contribution is 0.0927. The van der Waals surface area contributed by atoms with E-state index in [2.05, 4.69) is 20.6 Å². The average Bonchev–Trinajstić information content (AvgIpc) is 3.26. The third-order valence-electron chi connectivity index (χ3n) is 4.21. The van der Waals surface area contributed by atoms with Crippen LogP contribution in [-0.4, -0.2) is 29.0 Å². The number of halogens is 2. The van der Waals surface area contributed by atoms with Crippen molar-refractivity contribution in [3.8, 4) is 11.4 Å². The molecule has 0 unspecified atom stereocenters. The number of aromatic nitrogens is 2. The first-order chi connectivity index (χ1) is 14.1. The van der Waals surface area contributed by atoms with E-state index < -0.39 is 0 Å². The van der Waals surface area contributed by atoms with Gasteiger partial charge in [0.25, 0.3) is 5.91 Å². The van der Waals surface area contributed by atoms with Crippen LogP contribution >= 0.6 is 11.6 Å². The van der Waals surface area contributed by atoms with Crippen molar-refractivity contribution in [2.75, 3.05) is 18.4 Å². The van der Waals surface area contributed by atoms with Crippen LogP contribution in [0.15, 0.2) is 65.3 Å². The van der Waals surface area contributed by atoms with Crippen LogP contribution < -0.4 is 10.6 Å². The molecular formula is C21H16ClFN4O2. The van der Waals surface area contributed by atoms with Crippen LogP contribution in [0.3, 0.4) is 0 Å². The quantitative estimate of drug-likeness (QED) is 0.457. The van der Waals surface area contributed by atoms with E-state index in [4.69, 9.17) is 16.0 Å². The number of rotatable bonds is 6. The molecule has 8 heteroatoms. The molecule has 4 aromatic rings. The number of nitrogens with zero attached hydrogens (tertiary/aromatic N) is 2. The Morgan fingerprint density at radius 3 is 2.66 bits per heavy atom. The van der Waals surface area contributed by atoms with Crippen LogP contribution in [0.5, 0.6) is 0 Å². The molecule has 2 N–H and O–H groups in total. The molecule has 0 aliphatic carbocycles. The lowest BCUT2D eigenvalue weighted by atomic mass is 10.2. The number of fused-ring (bicyclic) bond motifs is 1. The van der Waals surface area contributed by atoms with E-state index in [9.17, 15) is 9.18 Å². The first-order valence-corrected chi connectivity index (χ1v) is 9.27. The number of hydrogen-bond donors (Lipinski definition) is 2. The van der Waals surface area contributed by atoms with Gasteiger partial charge in [-0.1, -0.05) is 11.6 Å². The van der Waals surface area contributed by atoms with Crippen molar-refractivity contribution >= 4 is 34.2 Å². The van der Waals surface area contributed by atoms with Crippen LogP contribution in [0.2, 0.25) is 5.02 Å². The molecular weight excluding hydrogens is 395 g/mol. The summed E-state index contributed by atoms with van der Waals surface area (Å²) < 4.78 is 18.3. The number of amides is 1. The normalized spacial score (nSPS) is 10.8. The van der Waals surface area contributed by atoms with Gasteiger partial charge in [0, 0.05) is 29.1 Å². The molecule has 0 aliphatic rings. The molecule has 4 rings (SSSR count). The third kappa shape index (κ3) is 4.35. The fourth-order valence-corrected chi connectivity index (χ4v) is 2.98. The molecule has 1 amide bonds. The largest absolute Gasteiger partial charge is 0.459 e. The molecule has 2 heterocycles. The van der Waals surface area contributed by atoms with Gasteiger partial charge in [-0.3, -0.25) is 4.79 Å². The van der Waals surface area contributed by atoms with Gasteiger partial charge in [-0.25, -0.2) is 14.4 Å². The first kappa shape index (κ1) is 18.9. The van der Waals surface area contributed by atoms with E-state index in [1.165, 1.54) is 18.4 Å². The van der Waals surface area contributed by atoms with Crippen LogP contribution in [0.1, 0.15) is 10.6 Å². The van der Waals surface area contributed by atoms with Crippen molar-refractivity contribution < 1.29 is 13.6 Å². The van der Waals surface area contributed by atoms with Crippen molar-refractivity contribution in [1.82, 2.24) is 15.3 Å². The number of carbonyl (C=O) groups excluding carboxylic acids is 1. The molecule has 0 saturated heterocycles. The minimum atomic E-state index is -0.330. The SMILES string of the molecule is O=C(NCCNc1nc(-c2ccc(F)cc2)nc2cc(Cl)ccc12)c1ccco1. The molecule has 0 atom stereocenters. The summed E-state index contributed by atoms with van der Waals surface area (Å²) in [5.74, 6) is 0.678. The predicted octanol–water partition coefficient (Wildman–Crippen LogP) is 4.52. The Kier molecular flexibility index (Phi) is 5.39. The molecule has 2 aromatic heterocycles. The molecule has 2 aromatic carbocycles. The Labute approximate surface area is 170 Å². The van der Waals surface area contributed by atoms with E-state index in [0.717, 1.165) is 5.39 Å². The van der Waals surface area contributed by atoms with Gasteiger partial charge < -0.3 is 15.1 Å². The van der Waals surface area contributed by atoms with Gasteiger partial charge in [0.1, 0.15) is 11.6 Å². The Morgan fingerprint density at radius 2 is 1.90 bits per heavy atom. The molecule has 0 bridgehead atoms. The van der Waals surface area contributed by atoms with Crippen LogP contribution in [0.4, 0.5) is 10.2 Å². The standard InChI is InChI=1S/C21H16ClFN4O2/c22-14-5-8-16-17(12-14)26-19(13-3-6-15(23)7-4-13)27-20(16)24-9-10-25-21(28)18-2-1-11-29-18/h1-8,11-12H,9-10H2,(H,25,28)(H,24,26,27). The van der Waals surface area contributed by atoms with E-state index in [0.29, 0.717) is 40.8 Å². The number of anilines is 1. The van der Waals surface area contributed by atoms with E-state index in [1.54, 1.807) is 36.4 Å². The van der Waals surface area contributed by atoms with Gasteiger partial charge in [0.15, 0.2) is 11.6 Å². The molecule has 6 nitrogen and oxygen atoms in total. The first-order valence-electron chi connectivity index (χ1n) is 8.89. The number of nitrogens with one attached hydrogen (secondary N) is 2. The number of benzene rings is 2. The van der Waals surface area contributed by atoms with Crippen molar-refractivity contribution in [3.63, 3.8) is 0 Å². The van der Waals surface area contributed by atoms with Crippen LogP contribution in [-0.2, 0) is 0 Å². The maximum Gasteiger partial charge on any atom is 0.287 e. The second kappa shape index (κ2) is 8.28. The van der Waals surface area contributed by atoms with Gasteiger partial charge in [0.05, 0.1) is 11.8 Å². The number of hydrogen-bond acceptors (Lipinski definition) is 5. The minimum absolute atomic E-state index is 0.255. The zero-order chi connectivity index (χ0) is 20.2. The van der Waals surface area contributed by atoms with E-state index >= 15 is 0 Å². The summed E-state index contributed by atoms with van der Waals surface area (Å²) in [4.78, 5) is 21.1. The van der Waals surface area contributed by atoms with Gasteiger partial charge >= 0.3 is 0 Å². The second-order valence-corrected chi connectivity index (χ2v) is 6.66. The summed E-state index contributed by atoms with van der Waals surface area (Å²) in [6.07, 6.45) is 1.45. The van der Waals surface area contributed by atoms with Gasteiger partial charge in [-0.2, -0.15) is 0 Å². The highest BCUT2D eigenvalue weighted by molar-refractivity contribution is 6.31. The minimum Gasteiger partial charge on any atom is -0.459 e. The second-order valence-electron chi connectivity index (χ2n) is 6.22. The zero-order valence-corrected chi connectivity index (χ0v) is 15.9. The highest BCUT2D eigenvalue weighted by atomic mass is 35.5. The number of carbonyl (C=O) groups is 1. The summed E-state index contributed by atoms with van der Waals surface area (Å²) in [6.45, 7) is 0.800. The molecule has 0 saturated carbocycles. The summed E-state index contributed by atoms with van der Waals surface area (Å²) >= 11 is 6.11. The van der Waals surface area contributed by atoms with Crippen molar-refractivity contribution in [3.05, 3.63) is 77.5 Å². The zero-order valence-electron chi connectivity index (χ0n) is 15.2. The predicted molar refractivity (Wildman–Crippen MR) is 109 cm³/mol. The van der Waals surface area contributed by atoms with E-state index in [1.807, 2.05) is 6.07 Å². The monoisotopic (exact) mass is 410 g/mol. The van der Waals surface area contributed by atoms with Crippen LogP contribution in [0, 0.1) is 5.82 Å². The summed E-state index contributed by atoms with van der Waals surface area (Å²) in [5, 5.41) is 7.32. The lowest BCUT2D eigenvalue weighted by Gasteiger charge is -2.12. The highest BCUT2D eigenvalue weighted by Gasteiger charge is 2.11. The molecule has 0 spiro atoms. The Bertz CT molecular complexity index is 1150. The Balaban J connectivity index is 1.55. The lowest BCUT2D eigenvalue weighted by Crippen LogP contribution is -2.28. The van der Waals surface area contributed by atoms with Gasteiger partial charge in [-0.05, 0) is 54.6 Å². The maximum atomic E-state index is 13.2. The van der Waals surface area contributed by atoms with Crippen molar-refractivity contribution in [1.29, 1.82) is 0 Å². The summed E-state index contributed by atoms with van der Waals surface area (Å²) in [7, 11) is 0. The smallest absolute Gasteiger partial charge is 0.287 e. The van der Waals surface area contributed by atoms with Crippen LogP contribution in [0.25, 0.3) is 22.3 Å². The maximum absolute atomic E-state index is 13.2. The Hall–Kier alpha value is -3.45. The molecule has 29 heavy (non-hydrogen) atoms. The fraction of sp³-hybridized carbons (Fsp3) is 0.0952. The molecule has 0 aliphatic heterocycles. The fourth-order valence-electron chi connectivity index (χ4n) is 2.82. The molecule has 0 radical (unpaired) electrons. The van der Waals surface area contributed by atoms with Crippen molar-refractivity contribution in [2.24, 2.45) is 0 Å². The molecule has 0 fully saturated rings. The van der Waals surface area contributed by atoms with Gasteiger partial charge in [-0.15, -0.1) is 0 Å². The van der Waals surface area contributed by atoms with E-state index in [-0.39, 0.29) is 17.5 Å². The third-order valence-corrected chi connectivity index (χ3v) is 4.44. The highest BCUT2D eigenvalue weighted by Crippen LogP contribution is 2.27. The van der Waals surface area contributed by atoms with Gasteiger partial charge in [0.2, 0.25) is 0 Å². The van der Waals surface area contributed by atoms with Crippen molar-refractivity contribution in [2.45, 2.75) is 0 Å². The average molecular weight is 411 g/mol. The summed E-state index contributed by atoms with van der Waals surface area (Å²) in [6, 6.07) is 14.5. The molecule has 146 valence electrons. The topological polar surface area (TPSA) is 80.0 Å². The number of furan rings is 1. The Morgan fingerprint density at radius 1 is 1.07 bits per heavy atom. The summed E-state index contributed by atoms with van der Waals surface area (Å²) in [5.41, 5.74) is 1.34.